The van der Waals surface area contributed by atoms with Gasteiger partial charge in [-0.3, -0.25) is 4.79 Å². The largest absolute Gasteiger partial charge is 0.477 e. The molecule has 0 aromatic heterocycles. The first-order chi connectivity index (χ1) is 6.02. The van der Waals surface area contributed by atoms with Crippen LogP contribution >= 0.6 is 11.8 Å². The van der Waals surface area contributed by atoms with Crippen LogP contribution in [-0.4, -0.2) is 21.7 Å². The van der Waals surface area contributed by atoms with Crippen molar-refractivity contribution in [3.63, 3.8) is 0 Å². The predicted molar refractivity (Wildman–Crippen MR) is 50.1 cm³/mol. The van der Waals surface area contributed by atoms with E-state index in [2.05, 4.69) is 5.32 Å². The number of carbonyl (C=O) groups excluding carboxylic acids is 1. The zero-order valence-corrected chi connectivity index (χ0v) is 8.27. The van der Waals surface area contributed by atoms with E-state index >= 15 is 0 Å². The van der Waals surface area contributed by atoms with E-state index in [-0.39, 0.29) is 11.5 Å². The summed E-state index contributed by atoms with van der Waals surface area (Å²) in [6.45, 7) is 3.31. The number of hydrogen-bond acceptors (Lipinski definition) is 4. The van der Waals surface area contributed by atoms with Crippen molar-refractivity contribution in [1.82, 2.24) is 5.32 Å². The molecule has 0 bridgehead atoms. The van der Waals surface area contributed by atoms with Gasteiger partial charge in [-0.15, -0.1) is 0 Å². The van der Waals surface area contributed by atoms with Gasteiger partial charge in [-0.25, -0.2) is 4.79 Å². The van der Waals surface area contributed by atoms with Crippen LogP contribution < -0.4 is 5.32 Å². The molecule has 0 spiro atoms. The van der Waals surface area contributed by atoms with Gasteiger partial charge in [0.25, 0.3) is 0 Å². The van der Waals surface area contributed by atoms with Crippen molar-refractivity contribution in [2.24, 2.45) is 0 Å². The Morgan fingerprint density at radius 3 is 2.54 bits per heavy atom. The van der Waals surface area contributed by atoms with Crippen LogP contribution in [0.25, 0.3) is 0 Å². The maximum atomic E-state index is 11.3. The minimum Gasteiger partial charge on any atom is -0.477 e. The second kappa shape index (κ2) is 3.41. The molecule has 13 heavy (non-hydrogen) atoms. The molecule has 0 radical (unpaired) electrons. The van der Waals surface area contributed by atoms with Crippen LogP contribution in [0.5, 0.6) is 0 Å². The van der Waals surface area contributed by atoms with Crippen molar-refractivity contribution < 1.29 is 14.7 Å². The van der Waals surface area contributed by atoms with Crippen molar-refractivity contribution in [3.8, 4) is 0 Å². The summed E-state index contributed by atoms with van der Waals surface area (Å²) >= 11 is 1.23. The van der Waals surface area contributed by atoms with Crippen LogP contribution in [0.3, 0.4) is 0 Å². The number of nitrogens with one attached hydrogen (secondary N) is 1. The molecule has 72 valence electrons. The quantitative estimate of drug-likeness (QED) is 0.711. The Bertz CT molecular complexity index is 287. The molecule has 0 fully saturated rings. The molecule has 1 aliphatic rings. The molecule has 2 N–H and O–H groups in total. The molecule has 0 amide bonds. The predicted octanol–water partition coefficient (Wildman–Crippen LogP) is 0.944. The second-order valence-electron chi connectivity index (χ2n) is 2.82. The van der Waals surface area contributed by atoms with Crippen molar-refractivity contribution in [2.75, 3.05) is 0 Å². The minimum absolute atomic E-state index is 0.0486. The Hall–Kier alpha value is -0.970. The van der Waals surface area contributed by atoms with Gasteiger partial charge in [0.2, 0.25) is 0 Å². The number of carboxylic acid groups (broad SMARTS) is 1. The zero-order chi connectivity index (χ0) is 10.1. The van der Waals surface area contributed by atoms with Crippen molar-refractivity contribution >= 4 is 23.5 Å². The third-order valence-corrected chi connectivity index (χ3v) is 3.45. The molecule has 1 unspecified atom stereocenters. The highest BCUT2D eigenvalue weighted by molar-refractivity contribution is 8.04. The van der Waals surface area contributed by atoms with E-state index in [1.54, 1.807) is 0 Å². The summed E-state index contributed by atoms with van der Waals surface area (Å²) in [5, 5.41) is 12.9. The van der Waals surface area contributed by atoms with Crippen LogP contribution in [0.4, 0.5) is 0 Å². The number of hydrogen-bond donors (Lipinski definition) is 2. The maximum absolute atomic E-state index is 11.3. The van der Waals surface area contributed by atoms with E-state index in [9.17, 15) is 9.59 Å². The van der Waals surface area contributed by atoms with E-state index in [1.807, 2.05) is 6.92 Å². The average molecular weight is 201 g/mol. The monoisotopic (exact) mass is 201 g/mol. The highest BCUT2D eigenvalue weighted by atomic mass is 32.2. The molecular weight excluding hydrogens is 190 g/mol. The summed E-state index contributed by atoms with van der Waals surface area (Å²) in [4.78, 5) is 21.1. The molecule has 0 aromatic rings. The molecule has 0 saturated carbocycles. The summed E-state index contributed by atoms with van der Waals surface area (Å²) in [7, 11) is 0. The molecule has 5 heteroatoms. The highest BCUT2D eigenvalue weighted by Gasteiger charge is 2.39. The van der Waals surface area contributed by atoms with Gasteiger partial charge in [-0.2, -0.15) is 0 Å². The van der Waals surface area contributed by atoms with E-state index in [0.29, 0.717) is 6.42 Å². The molecule has 0 aliphatic carbocycles. The van der Waals surface area contributed by atoms with Gasteiger partial charge in [0.1, 0.15) is 10.6 Å². The fraction of sp³-hybridized carbons (Fsp3) is 0.500. The Labute approximate surface area is 80.4 Å². The normalized spacial score (nSPS) is 26.5. The van der Waals surface area contributed by atoms with Gasteiger partial charge in [-0.05, 0) is 13.3 Å². The first-order valence-corrected chi connectivity index (χ1v) is 4.80. The fourth-order valence-corrected chi connectivity index (χ4v) is 2.11. The van der Waals surface area contributed by atoms with Crippen LogP contribution in [0.1, 0.15) is 20.3 Å². The molecule has 1 heterocycles. The Morgan fingerprint density at radius 1 is 1.69 bits per heavy atom. The third kappa shape index (κ3) is 1.70. The van der Waals surface area contributed by atoms with E-state index in [0.717, 1.165) is 0 Å². The van der Waals surface area contributed by atoms with Crippen LogP contribution in [0.2, 0.25) is 0 Å². The van der Waals surface area contributed by atoms with Crippen molar-refractivity contribution in [3.05, 3.63) is 11.1 Å². The van der Waals surface area contributed by atoms with E-state index in [1.165, 1.54) is 24.1 Å². The van der Waals surface area contributed by atoms with Crippen LogP contribution in [0.15, 0.2) is 11.1 Å². The first kappa shape index (κ1) is 10.1. The topological polar surface area (TPSA) is 66.4 Å². The lowest BCUT2D eigenvalue weighted by Crippen LogP contribution is -2.44. The van der Waals surface area contributed by atoms with Crippen LogP contribution in [0, 0.1) is 0 Å². The summed E-state index contributed by atoms with van der Waals surface area (Å²) in [5.74, 6) is -1.07. The Balaban J connectivity index is 2.81. The van der Waals surface area contributed by atoms with Crippen LogP contribution in [-0.2, 0) is 9.59 Å². The fourth-order valence-electron chi connectivity index (χ4n) is 1.13. The molecule has 4 nitrogen and oxygen atoms in total. The summed E-state index contributed by atoms with van der Waals surface area (Å²) in [6.07, 6.45) is 0.570. The molecule has 1 aliphatic heterocycles. The van der Waals surface area contributed by atoms with Gasteiger partial charge in [-0.1, -0.05) is 18.7 Å². The highest BCUT2D eigenvalue weighted by Crippen LogP contribution is 2.35. The van der Waals surface area contributed by atoms with Crippen molar-refractivity contribution in [1.29, 1.82) is 0 Å². The minimum atomic E-state index is -1.02. The smallest absolute Gasteiger partial charge is 0.352 e. The first-order valence-electron chi connectivity index (χ1n) is 3.92. The van der Waals surface area contributed by atoms with Gasteiger partial charge >= 0.3 is 5.97 Å². The van der Waals surface area contributed by atoms with Gasteiger partial charge in [0, 0.05) is 5.41 Å². The standard InChI is InChI=1S/C8H11NO3S/c1-3-8(5(2)10)9-6(4-13-8)7(11)12/h4,9H,3H2,1-2H3,(H,11,12). The van der Waals surface area contributed by atoms with Crippen molar-refractivity contribution in [2.45, 2.75) is 25.1 Å². The lowest BCUT2D eigenvalue weighted by Gasteiger charge is -2.24. The number of Topliss-reactive ketones (excluding diaryl/α,β-unsaturated/α-hetero) is 1. The number of carboxylic acids is 1. The number of ketones is 1. The molecule has 0 aromatic carbocycles. The van der Waals surface area contributed by atoms with Gasteiger partial charge in [0.15, 0.2) is 5.78 Å². The number of thioether (sulfide) groups is 1. The number of aliphatic carboxylic acids is 1. The van der Waals surface area contributed by atoms with Gasteiger partial charge in [0.05, 0.1) is 0 Å². The molecule has 0 saturated heterocycles. The molecule has 1 atom stereocenters. The SMILES string of the molecule is CCC1(C(C)=O)NC(C(=O)O)=CS1. The maximum Gasteiger partial charge on any atom is 0.352 e. The molecular formula is C8H11NO3S. The summed E-state index contributed by atoms with van der Waals surface area (Å²) in [6, 6.07) is 0. The Kier molecular flexibility index (Phi) is 2.66. The number of rotatable bonds is 3. The van der Waals surface area contributed by atoms with E-state index < -0.39 is 10.8 Å². The third-order valence-electron chi connectivity index (χ3n) is 2.01. The Morgan fingerprint density at radius 2 is 2.31 bits per heavy atom. The lowest BCUT2D eigenvalue weighted by molar-refractivity contribution is -0.133. The lowest BCUT2D eigenvalue weighted by atomic mass is 10.1. The second-order valence-corrected chi connectivity index (χ2v) is 3.98. The van der Waals surface area contributed by atoms with Gasteiger partial charge < -0.3 is 10.4 Å². The molecule has 1 rings (SSSR count). The average Bonchev–Trinajstić information content (AvgIpc) is 2.49. The zero-order valence-electron chi connectivity index (χ0n) is 7.46. The van der Waals surface area contributed by atoms with E-state index in [4.69, 9.17) is 5.11 Å². The summed E-state index contributed by atoms with van der Waals surface area (Å²) < 4.78 is 0. The summed E-state index contributed by atoms with van der Waals surface area (Å²) in [5.41, 5.74) is 0.0991. The number of carbonyl (C=O) groups is 2.